The summed E-state index contributed by atoms with van der Waals surface area (Å²) in [5.74, 6) is 6.58. The molecule has 2 rings (SSSR count). The van der Waals surface area contributed by atoms with E-state index in [0.29, 0.717) is 6.42 Å². The molecule has 0 aromatic rings. The van der Waals surface area contributed by atoms with Crippen LogP contribution in [0.1, 0.15) is 77.0 Å². The van der Waals surface area contributed by atoms with Crippen LogP contribution in [0.2, 0.25) is 0 Å². The van der Waals surface area contributed by atoms with Gasteiger partial charge in [-0.05, 0) is 61.9 Å². The van der Waals surface area contributed by atoms with Gasteiger partial charge in [-0.1, -0.05) is 25.7 Å². The normalized spacial score (nSPS) is 27.5. The first kappa shape index (κ1) is 21.0. The Morgan fingerprint density at radius 2 is 1.76 bits per heavy atom. The fraction of sp³-hybridized carbons (Fsp3) is 0.857. The van der Waals surface area contributed by atoms with Crippen LogP contribution in [0.5, 0.6) is 0 Å². The minimum atomic E-state index is -0.652. The van der Waals surface area contributed by atoms with Crippen LogP contribution in [0.4, 0.5) is 0 Å². The van der Waals surface area contributed by atoms with Gasteiger partial charge in [0.15, 0.2) is 0 Å². The van der Waals surface area contributed by atoms with E-state index in [1.54, 1.807) is 0 Å². The lowest BCUT2D eigenvalue weighted by atomic mass is 9.77. The van der Waals surface area contributed by atoms with Crippen LogP contribution >= 0.6 is 23.5 Å². The third kappa shape index (κ3) is 7.47. The van der Waals surface area contributed by atoms with Gasteiger partial charge in [-0.15, -0.1) is 12.3 Å². The van der Waals surface area contributed by atoms with Crippen molar-refractivity contribution in [1.82, 2.24) is 0 Å². The number of carbonyl (C=O) groups is 1. The average molecular weight is 383 g/mol. The zero-order valence-corrected chi connectivity index (χ0v) is 17.1. The van der Waals surface area contributed by atoms with Crippen molar-refractivity contribution < 1.29 is 9.90 Å². The summed E-state index contributed by atoms with van der Waals surface area (Å²) in [6, 6.07) is 0. The third-order valence-electron chi connectivity index (χ3n) is 5.69. The molecule has 0 aromatic heterocycles. The molecule has 2 fully saturated rings. The molecular formula is C21H34O2S2. The van der Waals surface area contributed by atoms with E-state index in [-0.39, 0.29) is 0 Å². The predicted molar refractivity (Wildman–Crippen MR) is 111 cm³/mol. The van der Waals surface area contributed by atoms with Gasteiger partial charge in [0, 0.05) is 23.3 Å². The first-order valence-electron chi connectivity index (χ1n) is 10.1. The van der Waals surface area contributed by atoms with Crippen molar-refractivity contribution >= 4 is 29.5 Å². The highest BCUT2D eigenvalue weighted by Crippen LogP contribution is 2.55. The Balaban J connectivity index is 1.58. The van der Waals surface area contributed by atoms with Gasteiger partial charge in [0.25, 0.3) is 0 Å². The molecule has 0 amide bonds. The summed E-state index contributed by atoms with van der Waals surface area (Å²) < 4.78 is 0. The largest absolute Gasteiger partial charge is 0.481 e. The molecule has 0 unspecified atom stereocenters. The van der Waals surface area contributed by atoms with Crippen molar-refractivity contribution in [2.45, 2.75) is 87.5 Å². The molecule has 2 bridgehead atoms. The number of unbranched alkanes of at least 4 members (excludes halogenated alkanes) is 6. The van der Waals surface area contributed by atoms with Crippen LogP contribution in [-0.2, 0) is 4.79 Å². The first-order valence-corrected chi connectivity index (χ1v) is 12.2. The molecule has 0 aromatic carbocycles. The molecule has 2 saturated heterocycles. The highest BCUT2D eigenvalue weighted by atomic mass is 32.2. The van der Waals surface area contributed by atoms with Gasteiger partial charge in [-0.2, -0.15) is 23.5 Å². The molecule has 0 radical (unpaired) electrons. The average Bonchev–Trinajstić information content (AvgIpc) is 3.19. The zero-order chi connectivity index (χ0) is 17.9. The topological polar surface area (TPSA) is 37.3 Å². The molecule has 0 spiro atoms. The second kappa shape index (κ2) is 12.2. The molecule has 25 heavy (non-hydrogen) atoms. The van der Waals surface area contributed by atoms with E-state index in [0.717, 1.165) is 41.6 Å². The number of hydrogen-bond donors (Lipinski definition) is 1. The molecular weight excluding hydrogens is 348 g/mol. The predicted octanol–water partition coefficient (Wildman–Crippen LogP) is 5.85. The summed E-state index contributed by atoms with van der Waals surface area (Å²) in [7, 11) is 0. The van der Waals surface area contributed by atoms with Crippen molar-refractivity contribution in [3.63, 3.8) is 0 Å². The fourth-order valence-electron chi connectivity index (χ4n) is 4.34. The van der Waals surface area contributed by atoms with Crippen molar-refractivity contribution in [3.05, 3.63) is 0 Å². The maximum absolute atomic E-state index is 10.6. The summed E-state index contributed by atoms with van der Waals surface area (Å²) in [5.41, 5.74) is 0. The molecule has 4 heteroatoms. The first-order chi connectivity index (χ1) is 12.2. The maximum atomic E-state index is 10.6. The molecule has 4 atom stereocenters. The van der Waals surface area contributed by atoms with Gasteiger partial charge in [-0.25, -0.2) is 0 Å². The van der Waals surface area contributed by atoms with E-state index < -0.39 is 5.97 Å². The van der Waals surface area contributed by atoms with Crippen molar-refractivity contribution in [3.8, 4) is 12.3 Å². The lowest BCUT2D eigenvalue weighted by Crippen LogP contribution is -2.29. The number of carboxylic acids is 1. The molecule has 2 aliphatic heterocycles. The maximum Gasteiger partial charge on any atom is 0.303 e. The molecule has 142 valence electrons. The fourth-order valence-corrected chi connectivity index (χ4v) is 7.82. The quantitative estimate of drug-likeness (QED) is 0.302. The lowest BCUT2D eigenvalue weighted by molar-refractivity contribution is -0.137. The number of fused-ring (bicyclic) bond motifs is 2. The van der Waals surface area contributed by atoms with E-state index in [1.807, 2.05) is 0 Å². The Morgan fingerprint density at radius 3 is 2.52 bits per heavy atom. The van der Waals surface area contributed by atoms with Gasteiger partial charge >= 0.3 is 5.97 Å². The molecule has 1 N–H and O–H groups in total. The Morgan fingerprint density at radius 1 is 1.04 bits per heavy atom. The smallest absolute Gasteiger partial charge is 0.303 e. The Labute approximate surface area is 162 Å². The van der Waals surface area contributed by atoms with Crippen LogP contribution in [-0.4, -0.2) is 33.1 Å². The van der Waals surface area contributed by atoms with Crippen molar-refractivity contribution in [2.24, 2.45) is 11.8 Å². The van der Waals surface area contributed by atoms with Crippen LogP contribution in [0.25, 0.3) is 0 Å². The standard InChI is InChI=1S/C21H34O2S2/c1-2-3-4-7-10-15-24-16-18-17(19-13-14-20(18)25-19)11-8-5-6-9-12-21(22)23/h1,17-20H,3-16H2,(H,22,23)/t17-,18+,19-,20+/m1/s1. The third-order valence-corrected chi connectivity index (χ3v) is 8.76. The van der Waals surface area contributed by atoms with Gasteiger partial charge in [0.2, 0.25) is 0 Å². The van der Waals surface area contributed by atoms with Crippen LogP contribution in [0.15, 0.2) is 0 Å². The molecule has 2 heterocycles. The number of rotatable bonds is 14. The second-order valence-corrected chi connectivity index (χ2v) is 10.2. The summed E-state index contributed by atoms with van der Waals surface area (Å²) in [5, 5.41) is 10.5. The van der Waals surface area contributed by atoms with Gasteiger partial charge in [-0.3, -0.25) is 4.79 Å². The second-order valence-electron chi connectivity index (χ2n) is 7.55. The molecule has 0 saturated carbocycles. The van der Waals surface area contributed by atoms with Crippen molar-refractivity contribution in [2.75, 3.05) is 11.5 Å². The zero-order valence-electron chi connectivity index (χ0n) is 15.5. The number of terminal acetylenes is 1. The van der Waals surface area contributed by atoms with Crippen LogP contribution in [0.3, 0.4) is 0 Å². The number of carboxylic acid groups (broad SMARTS) is 1. The monoisotopic (exact) mass is 382 g/mol. The highest BCUT2D eigenvalue weighted by molar-refractivity contribution is 8.01. The molecule has 0 aliphatic carbocycles. The molecule has 2 aliphatic rings. The van der Waals surface area contributed by atoms with Crippen molar-refractivity contribution in [1.29, 1.82) is 0 Å². The van der Waals surface area contributed by atoms with E-state index in [9.17, 15) is 4.79 Å². The minimum absolute atomic E-state index is 0.338. The van der Waals surface area contributed by atoms with E-state index in [1.165, 1.54) is 62.9 Å². The highest BCUT2D eigenvalue weighted by Gasteiger charge is 2.47. The van der Waals surface area contributed by atoms with Gasteiger partial charge < -0.3 is 5.11 Å². The number of aliphatic carboxylic acids is 1. The number of thioether (sulfide) groups is 2. The van der Waals surface area contributed by atoms with E-state index in [4.69, 9.17) is 11.5 Å². The lowest BCUT2D eigenvalue weighted by Gasteiger charge is -2.29. The summed E-state index contributed by atoms with van der Waals surface area (Å²) in [6.07, 6.45) is 19.0. The van der Waals surface area contributed by atoms with Gasteiger partial charge in [0.05, 0.1) is 0 Å². The molecule has 2 nitrogen and oxygen atoms in total. The van der Waals surface area contributed by atoms with E-state index >= 15 is 0 Å². The summed E-state index contributed by atoms with van der Waals surface area (Å²) in [6.45, 7) is 0. The Kier molecular flexibility index (Phi) is 10.2. The summed E-state index contributed by atoms with van der Waals surface area (Å²) in [4.78, 5) is 10.6. The van der Waals surface area contributed by atoms with Crippen LogP contribution in [0, 0.1) is 24.2 Å². The van der Waals surface area contributed by atoms with E-state index in [2.05, 4.69) is 29.4 Å². The van der Waals surface area contributed by atoms with Gasteiger partial charge in [0.1, 0.15) is 0 Å². The Bertz CT molecular complexity index is 432. The van der Waals surface area contributed by atoms with Crippen LogP contribution < -0.4 is 0 Å². The number of hydrogen-bond acceptors (Lipinski definition) is 3. The minimum Gasteiger partial charge on any atom is -0.481 e. The SMILES string of the molecule is C#CCCCCCSC[C@H]1[C@@H](CCCCCCC(=O)O)[C@H]2CC[C@@H]1S2. The summed E-state index contributed by atoms with van der Waals surface area (Å²) >= 11 is 4.45. The Hall–Kier alpha value is -0.270.